The van der Waals surface area contributed by atoms with E-state index in [-0.39, 0.29) is 0 Å². The van der Waals surface area contributed by atoms with Crippen LogP contribution in [0.2, 0.25) is 0 Å². The summed E-state index contributed by atoms with van der Waals surface area (Å²) < 4.78 is 0. The average Bonchev–Trinajstić information content (AvgIpc) is 2.37. The third-order valence-corrected chi connectivity index (χ3v) is 3.44. The molecule has 4 heteroatoms. The minimum Gasteiger partial charge on any atom is -0.366 e. The van der Waals surface area contributed by atoms with E-state index in [0.29, 0.717) is 24.0 Å². The van der Waals surface area contributed by atoms with Crippen LogP contribution in [0.15, 0.2) is 36.4 Å². The van der Waals surface area contributed by atoms with E-state index in [2.05, 4.69) is 13.2 Å². The molecule has 0 heterocycles. The maximum absolute atomic E-state index is 11.1. The zero-order valence-corrected chi connectivity index (χ0v) is 12.0. The summed E-state index contributed by atoms with van der Waals surface area (Å²) in [5.41, 5.74) is 15.2. The van der Waals surface area contributed by atoms with Gasteiger partial charge in [0, 0.05) is 24.0 Å². The molecule has 0 radical (unpaired) electrons. The lowest BCUT2D eigenvalue weighted by Crippen LogP contribution is -2.17. The summed E-state index contributed by atoms with van der Waals surface area (Å²) in [5.74, 6) is -1.01. The topological polar surface area (TPSA) is 86.2 Å². The fourth-order valence-electron chi connectivity index (χ4n) is 2.02. The van der Waals surface area contributed by atoms with Crippen LogP contribution in [-0.4, -0.2) is 11.8 Å². The Morgan fingerprint density at radius 2 is 1.50 bits per heavy atom. The van der Waals surface area contributed by atoms with Gasteiger partial charge < -0.3 is 11.5 Å². The second-order valence-electron chi connectivity index (χ2n) is 4.93. The van der Waals surface area contributed by atoms with Crippen molar-refractivity contribution in [1.82, 2.24) is 0 Å². The van der Waals surface area contributed by atoms with Gasteiger partial charge in [0.15, 0.2) is 0 Å². The Morgan fingerprint density at radius 3 is 2.00 bits per heavy atom. The van der Waals surface area contributed by atoms with Crippen LogP contribution in [0.5, 0.6) is 0 Å². The summed E-state index contributed by atoms with van der Waals surface area (Å²) in [6, 6.07) is 3.88. The molecule has 1 aromatic carbocycles. The Kier molecular flexibility index (Phi) is 4.86. The van der Waals surface area contributed by atoms with Crippen LogP contribution in [-0.2, 0) is 22.4 Å². The van der Waals surface area contributed by atoms with Crippen molar-refractivity contribution >= 4 is 11.8 Å². The molecule has 4 N–H and O–H groups in total. The molecule has 2 amide bonds. The number of aryl methyl sites for hydroxylation is 1. The fourth-order valence-corrected chi connectivity index (χ4v) is 2.02. The lowest BCUT2D eigenvalue weighted by Gasteiger charge is -2.15. The molecule has 0 unspecified atom stereocenters. The molecular weight excluding hydrogens is 252 g/mol. The molecule has 0 aromatic heterocycles. The van der Waals surface area contributed by atoms with Gasteiger partial charge in [0.25, 0.3) is 0 Å². The van der Waals surface area contributed by atoms with Gasteiger partial charge in [0.05, 0.1) is 0 Å². The molecule has 0 aliphatic heterocycles. The Balaban J connectivity index is 3.13. The number of primary amides is 2. The molecule has 1 aromatic rings. The molecule has 0 saturated carbocycles. The van der Waals surface area contributed by atoms with Gasteiger partial charge >= 0.3 is 0 Å². The zero-order chi connectivity index (χ0) is 15.4. The predicted octanol–water partition coefficient (Wildman–Crippen LogP) is 1.47. The van der Waals surface area contributed by atoms with Crippen molar-refractivity contribution in [1.29, 1.82) is 0 Å². The molecule has 0 aliphatic carbocycles. The van der Waals surface area contributed by atoms with Gasteiger partial charge in [0.2, 0.25) is 11.8 Å². The summed E-state index contributed by atoms with van der Waals surface area (Å²) in [4.78, 5) is 22.2. The van der Waals surface area contributed by atoms with Crippen molar-refractivity contribution in [2.45, 2.75) is 26.7 Å². The number of amides is 2. The normalized spacial score (nSPS) is 10.1. The molecule has 20 heavy (non-hydrogen) atoms. The molecule has 106 valence electrons. The number of nitrogens with two attached hydrogens (primary N) is 2. The number of rotatable bonds is 6. The van der Waals surface area contributed by atoms with Gasteiger partial charge in [-0.1, -0.05) is 25.3 Å². The minimum absolute atomic E-state index is 0.358. The van der Waals surface area contributed by atoms with Gasteiger partial charge in [0.1, 0.15) is 0 Å². The molecule has 1 rings (SSSR count). The molecule has 0 aliphatic rings. The van der Waals surface area contributed by atoms with E-state index < -0.39 is 11.8 Å². The van der Waals surface area contributed by atoms with Crippen molar-refractivity contribution in [2.75, 3.05) is 0 Å². The van der Waals surface area contributed by atoms with E-state index in [1.54, 1.807) is 0 Å². The maximum atomic E-state index is 11.1. The Labute approximate surface area is 119 Å². The van der Waals surface area contributed by atoms with E-state index in [9.17, 15) is 9.59 Å². The number of benzene rings is 1. The first-order valence-corrected chi connectivity index (χ1v) is 6.27. The highest BCUT2D eigenvalue weighted by Gasteiger charge is 2.13. The van der Waals surface area contributed by atoms with Crippen LogP contribution in [0, 0.1) is 13.8 Å². The van der Waals surface area contributed by atoms with Crippen LogP contribution >= 0.6 is 0 Å². The van der Waals surface area contributed by atoms with E-state index in [0.717, 1.165) is 22.3 Å². The zero-order valence-electron chi connectivity index (χ0n) is 12.0. The molecule has 0 bridgehead atoms. The van der Waals surface area contributed by atoms with Gasteiger partial charge in [-0.3, -0.25) is 9.59 Å². The molecule has 0 saturated heterocycles. The molecule has 0 fully saturated rings. The molecular formula is C16H20N2O2. The third-order valence-electron chi connectivity index (χ3n) is 3.44. The first-order chi connectivity index (χ1) is 9.23. The summed E-state index contributed by atoms with van der Waals surface area (Å²) in [7, 11) is 0. The van der Waals surface area contributed by atoms with Crippen LogP contribution in [0.3, 0.4) is 0 Å². The van der Waals surface area contributed by atoms with Crippen LogP contribution < -0.4 is 11.5 Å². The SMILES string of the molecule is C=C(Cc1ccc(C)c(CC(=C)C(N)=O)c1C)C(N)=O. The van der Waals surface area contributed by atoms with Crippen molar-refractivity contribution < 1.29 is 9.59 Å². The standard InChI is InChI=1S/C16H20N2O2/c1-9-5-6-13(7-10(2)15(17)19)12(4)14(9)8-11(3)16(18)20/h5-6H,2-3,7-8H2,1,4H3,(H2,17,19)(H2,18,20). The first-order valence-electron chi connectivity index (χ1n) is 6.27. The van der Waals surface area contributed by atoms with E-state index in [4.69, 9.17) is 11.5 Å². The number of hydrogen-bond acceptors (Lipinski definition) is 2. The van der Waals surface area contributed by atoms with E-state index in [1.165, 1.54) is 0 Å². The van der Waals surface area contributed by atoms with Crippen LogP contribution in [0.1, 0.15) is 22.3 Å². The lowest BCUT2D eigenvalue weighted by molar-refractivity contribution is -0.115. The van der Waals surface area contributed by atoms with Crippen molar-refractivity contribution in [3.8, 4) is 0 Å². The second kappa shape index (κ2) is 6.19. The van der Waals surface area contributed by atoms with Gasteiger partial charge in [-0.2, -0.15) is 0 Å². The van der Waals surface area contributed by atoms with Crippen molar-refractivity contribution in [3.63, 3.8) is 0 Å². The van der Waals surface area contributed by atoms with Crippen LogP contribution in [0.25, 0.3) is 0 Å². The van der Waals surface area contributed by atoms with E-state index >= 15 is 0 Å². The molecule has 0 spiro atoms. The van der Waals surface area contributed by atoms with Gasteiger partial charge in [-0.25, -0.2) is 0 Å². The highest BCUT2D eigenvalue weighted by Crippen LogP contribution is 2.22. The quantitative estimate of drug-likeness (QED) is 0.768. The summed E-state index contributed by atoms with van der Waals surface area (Å²) in [6.45, 7) is 11.3. The molecule has 0 atom stereocenters. The molecule has 4 nitrogen and oxygen atoms in total. The average molecular weight is 272 g/mol. The Bertz CT molecular complexity index is 601. The fraction of sp³-hybridized carbons (Fsp3) is 0.250. The maximum Gasteiger partial charge on any atom is 0.244 e. The number of carbonyl (C=O) groups excluding carboxylic acids is 2. The Hall–Kier alpha value is -2.36. The summed E-state index contributed by atoms with van der Waals surface area (Å²) >= 11 is 0. The first kappa shape index (κ1) is 15.7. The number of carbonyl (C=O) groups is 2. The second-order valence-corrected chi connectivity index (χ2v) is 4.93. The summed E-state index contributed by atoms with van der Waals surface area (Å²) in [6.07, 6.45) is 0.807. The minimum atomic E-state index is -0.506. The highest BCUT2D eigenvalue weighted by molar-refractivity contribution is 5.92. The van der Waals surface area contributed by atoms with Gasteiger partial charge in [-0.05, 0) is 36.1 Å². The summed E-state index contributed by atoms with van der Waals surface area (Å²) in [5, 5.41) is 0. The monoisotopic (exact) mass is 272 g/mol. The highest BCUT2D eigenvalue weighted by atomic mass is 16.1. The van der Waals surface area contributed by atoms with Crippen molar-refractivity contribution in [2.24, 2.45) is 11.5 Å². The van der Waals surface area contributed by atoms with Crippen molar-refractivity contribution in [3.05, 3.63) is 58.7 Å². The van der Waals surface area contributed by atoms with E-state index in [1.807, 2.05) is 26.0 Å². The lowest BCUT2D eigenvalue weighted by atomic mass is 9.90. The smallest absolute Gasteiger partial charge is 0.244 e. The predicted molar refractivity (Wildman–Crippen MR) is 80.0 cm³/mol. The van der Waals surface area contributed by atoms with Gasteiger partial charge in [-0.15, -0.1) is 0 Å². The largest absolute Gasteiger partial charge is 0.366 e. The third kappa shape index (κ3) is 3.57. The Morgan fingerprint density at radius 1 is 1.00 bits per heavy atom. The van der Waals surface area contributed by atoms with Crippen LogP contribution in [0.4, 0.5) is 0 Å². The number of hydrogen-bond donors (Lipinski definition) is 2.